The van der Waals surface area contributed by atoms with Crippen LogP contribution in [0.15, 0.2) is 0 Å². The van der Waals surface area contributed by atoms with Crippen molar-refractivity contribution in [3.05, 3.63) is 0 Å². The van der Waals surface area contributed by atoms with Gasteiger partial charge in [-0.05, 0) is 33.6 Å². The van der Waals surface area contributed by atoms with Gasteiger partial charge in [0.25, 0.3) is 0 Å². The van der Waals surface area contributed by atoms with Crippen LogP contribution in [0.3, 0.4) is 0 Å². The van der Waals surface area contributed by atoms with Crippen LogP contribution >= 0.6 is 0 Å². The monoisotopic (exact) mass is 197 g/mol. The highest BCUT2D eigenvalue weighted by Crippen LogP contribution is 2.47. The lowest BCUT2D eigenvalue weighted by Crippen LogP contribution is -2.30. The molecule has 1 amide bonds. The second-order valence-electron chi connectivity index (χ2n) is 5.50. The molecule has 1 aliphatic heterocycles. The summed E-state index contributed by atoms with van der Waals surface area (Å²) in [5, 5.41) is 0. The molecule has 0 atom stereocenters. The number of carbonyl (C=O) groups excluding carboxylic acids is 1. The van der Waals surface area contributed by atoms with E-state index in [4.69, 9.17) is 4.74 Å². The van der Waals surface area contributed by atoms with Crippen molar-refractivity contribution in [1.29, 1.82) is 0 Å². The van der Waals surface area contributed by atoms with E-state index >= 15 is 0 Å². The quantitative estimate of drug-likeness (QED) is 0.558. The van der Waals surface area contributed by atoms with Crippen LogP contribution in [0, 0.1) is 0 Å². The molecule has 0 N–H and O–H groups in total. The van der Waals surface area contributed by atoms with Crippen molar-refractivity contribution in [3.8, 4) is 0 Å². The molecule has 80 valence electrons. The molecule has 14 heavy (non-hydrogen) atoms. The van der Waals surface area contributed by atoms with Crippen LogP contribution in [0.5, 0.6) is 0 Å². The van der Waals surface area contributed by atoms with Gasteiger partial charge in [-0.15, -0.1) is 0 Å². The van der Waals surface area contributed by atoms with E-state index in [0.29, 0.717) is 0 Å². The van der Waals surface area contributed by atoms with Crippen LogP contribution in [0.4, 0.5) is 4.79 Å². The molecule has 0 unspecified atom stereocenters. The summed E-state index contributed by atoms with van der Waals surface area (Å²) in [6.45, 7) is 6.66. The predicted octanol–water partition coefficient (Wildman–Crippen LogP) is 2.55. The van der Waals surface area contributed by atoms with E-state index in [-0.39, 0.29) is 17.2 Å². The molecular formula is C11H19NO2. The summed E-state index contributed by atoms with van der Waals surface area (Å²) in [5.74, 6) is 0. The zero-order valence-electron chi connectivity index (χ0n) is 9.30. The first-order valence-electron chi connectivity index (χ1n) is 5.44. The number of ether oxygens (including phenoxy) is 1. The maximum Gasteiger partial charge on any atom is 0.410 e. The number of amides is 1. The molecule has 0 radical (unpaired) electrons. The zero-order valence-corrected chi connectivity index (χ0v) is 9.30. The van der Waals surface area contributed by atoms with Crippen molar-refractivity contribution in [2.45, 2.75) is 57.6 Å². The van der Waals surface area contributed by atoms with Crippen molar-refractivity contribution in [1.82, 2.24) is 4.90 Å². The topological polar surface area (TPSA) is 29.3 Å². The third-order valence-electron chi connectivity index (χ3n) is 3.07. The maximum atomic E-state index is 11.7. The van der Waals surface area contributed by atoms with Gasteiger partial charge in [0.05, 0.1) is 5.54 Å². The lowest BCUT2D eigenvalue weighted by Gasteiger charge is -2.21. The van der Waals surface area contributed by atoms with E-state index in [1.54, 1.807) is 0 Å². The molecule has 2 fully saturated rings. The normalized spacial score (nSPS) is 24.1. The second kappa shape index (κ2) is 2.88. The molecule has 3 heteroatoms. The first kappa shape index (κ1) is 9.81. The summed E-state index contributed by atoms with van der Waals surface area (Å²) in [5.41, 5.74) is -0.151. The Hall–Kier alpha value is -0.730. The predicted molar refractivity (Wildman–Crippen MR) is 54.1 cm³/mol. The van der Waals surface area contributed by atoms with Crippen LogP contribution < -0.4 is 0 Å². The van der Waals surface area contributed by atoms with Gasteiger partial charge in [-0.1, -0.05) is 12.8 Å². The highest BCUT2D eigenvalue weighted by atomic mass is 16.6. The summed E-state index contributed by atoms with van der Waals surface area (Å²) in [4.78, 5) is 13.6. The van der Waals surface area contributed by atoms with Crippen LogP contribution in [-0.4, -0.2) is 28.7 Å². The standard InChI is InChI=1S/C11H19NO2/c1-10(2,3)14-9(13)12-8-11(12)6-4-5-7-11/h4-8H2,1-3H3. The highest BCUT2D eigenvalue weighted by Gasteiger charge is 2.57. The zero-order chi connectivity index (χ0) is 10.4. The lowest BCUT2D eigenvalue weighted by atomic mass is 10.1. The van der Waals surface area contributed by atoms with Crippen LogP contribution in [-0.2, 0) is 4.74 Å². The minimum Gasteiger partial charge on any atom is -0.444 e. The fourth-order valence-corrected chi connectivity index (χ4v) is 2.30. The number of nitrogens with zero attached hydrogens (tertiary/aromatic N) is 1. The van der Waals surface area contributed by atoms with Crippen molar-refractivity contribution in [2.75, 3.05) is 6.54 Å². The molecule has 1 saturated heterocycles. The summed E-state index contributed by atoms with van der Waals surface area (Å²) < 4.78 is 5.34. The van der Waals surface area contributed by atoms with E-state index in [1.807, 2.05) is 25.7 Å². The molecule has 1 aliphatic carbocycles. The van der Waals surface area contributed by atoms with Crippen molar-refractivity contribution in [2.24, 2.45) is 0 Å². The van der Waals surface area contributed by atoms with Gasteiger partial charge in [0.1, 0.15) is 5.60 Å². The smallest absolute Gasteiger partial charge is 0.410 e. The number of hydrogen-bond acceptors (Lipinski definition) is 2. The van der Waals surface area contributed by atoms with Gasteiger partial charge in [-0.25, -0.2) is 4.79 Å². The molecular weight excluding hydrogens is 178 g/mol. The van der Waals surface area contributed by atoms with Crippen molar-refractivity contribution >= 4 is 6.09 Å². The third-order valence-corrected chi connectivity index (χ3v) is 3.07. The first-order chi connectivity index (χ1) is 6.43. The van der Waals surface area contributed by atoms with E-state index < -0.39 is 0 Å². The Morgan fingerprint density at radius 2 is 1.86 bits per heavy atom. The van der Waals surface area contributed by atoms with Gasteiger partial charge in [0.15, 0.2) is 0 Å². The molecule has 2 aliphatic rings. The molecule has 0 aromatic rings. The molecule has 0 aromatic carbocycles. The van der Waals surface area contributed by atoms with Crippen LogP contribution in [0.2, 0.25) is 0 Å². The van der Waals surface area contributed by atoms with Crippen molar-refractivity contribution in [3.63, 3.8) is 0 Å². The summed E-state index contributed by atoms with van der Waals surface area (Å²) in [6.07, 6.45) is 4.75. The largest absolute Gasteiger partial charge is 0.444 e. The Morgan fingerprint density at radius 3 is 2.36 bits per heavy atom. The Labute approximate surface area is 85.4 Å². The molecule has 2 rings (SSSR count). The minimum atomic E-state index is -0.362. The van der Waals surface area contributed by atoms with Gasteiger partial charge in [-0.3, -0.25) is 4.90 Å². The number of hydrogen-bond donors (Lipinski definition) is 0. The van der Waals surface area contributed by atoms with Crippen molar-refractivity contribution < 1.29 is 9.53 Å². The van der Waals surface area contributed by atoms with Gasteiger partial charge in [-0.2, -0.15) is 0 Å². The lowest BCUT2D eigenvalue weighted by molar-refractivity contribution is 0.0381. The highest BCUT2D eigenvalue weighted by molar-refractivity contribution is 5.73. The average Bonchev–Trinajstić information content (AvgIpc) is 2.47. The summed E-state index contributed by atoms with van der Waals surface area (Å²) in [6, 6.07) is 0. The second-order valence-corrected chi connectivity index (χ2v) is 5.50. The SMILES string of the molecule is CC(C)(C)OC(=O)N1CC12CCCC2. The van der Waals surface area contributed by atoms with Gasteiger partial charge < -0.3 is 4.74 Å². The first-order valence-corrected chi connectivity index (χ1v) is 5.44. The molecule has 0 bridgehead atoms. The van der Waals surface area contributed by atoms with Crippen LogP contribution in [0.1, 0.15) is 46.5 Å². The number of carbonyl (C=O) groups is 1. The maximum absolute atomic E-state index is 11.7. The average molecular weight is 197 g/mol. The molecule has 1 heterocycles. The number of rotatable bonds is 0. The van der Waals surface area contributed by atoms with Crippen LogP contribution in [0.25, 0.3) is 0 Å². The van der Waals surface area contributed by atoms with E-state index in [9.17, 15) is 4.79 Å². The van der Waals surface area contributed by atoms with Gasteiger partial charge >= 0.3 is 6.09 Å². The fourth-order valence-electron chi connectivity index (χ4n) is 2.30. The Bertz CT molecular complexity index is 249. The summed E-state index contributed by atoms with van der Waals surface area (Å²) >= 11 is 0. The Kier molecular flexibility index (Phi) is 2.02. The molecule has 1 saturated carbocycles. The van der Waals surface area contributed by atoms with Gasteiger partial charge in [0.2, 0.25) is 0 Å². The molecule has 1 spiro atoms. The Balaban J connectivity index is 1.90. The molecule has 3 nitrogen and oxygen atoms in total. The van der Waals surface area contributed by atoms with Gasteiger partial charge in [0, 0.05) is 6.54 Å². The summed E-state index contributed by atoms with van der Waals surface area (Å²) in [7, 11) is 0. The molecule has 0 aromatic heterocycles. The van der Waals surface area contributed by atoms with E-state index in [1.165, 1.54) is 25.7 Å². The minimum absolute atomic E-state index is 0.126. The Morgan fingerprint density at radius 1 is 1.29 bits per heavy atom. The van der Waals surface area contributed by atoms with E-state index in [0.717, 1.165) is 6.54 Å². The fraction of sp³-hybridized carbons (Fsp3) is 0.909. The van der Waals surface area contributed by atoms with E-state index in [2.05, 4.69) is 0 Å². The third kappa shape index (κ3) is 1.72.